The summed E-state index contributed by atoms with van der Waals surface area (Å²) in [6.07, 6.45) is 4.45. The van der Waals surface area contributed by atoms with Gasteiger partial charge in [-0.15, -0.1) is 0 Å². The molecule has 0 saturated carbocycles. The zero-order valence-corrected chi connectivity index (χ0v) is 20.2. The molecule has 0 aliphatic carbocycles. The van der Waals surface area contributed by atoms with Crippen LogP contribution in [0.15, 0.2) is 25.0 Å². The van der Waals surface area contributed by atoms with Crippen molar-refractivity contribution in [2.75, 3.05) is 0 Å². The Balaban J connectivity index is 2.23. The lowest BCUT2D eigenvalue weighted by molar-refractivity contribution is -0.143. The highest BCUT2D eigenvalue weighted by atomic mass is 16.4. The number of imidazole rings is 2. The number of nitrogens with one attached hydrogen (secondary N) is 5. The van der Waals surface area contributed by atoms with Crippen LogP contribution in [0, 0.1) is 0 Å². The summed E-state index contributed by atoms with van der Waals surface area (Å²) < 4.78 is 0. The van der Waals surface area contributed by atoms with Gasteiger partial charge in [-0.2, -0.15) is 0 Å². The number of H-pyrrole nitrogens is 2. The van der Waals surface area contributed by atoms with E-state index in [-0.39, 0.29) is 25.7 Å². The summed E-state index contributed by atoms with van der Waals surface area (Å²) in [5, 5.41) is 16.5. The lowest BCUT2D eigenvalue weighted by Gasteiger charge is -2.24. The van der Waals surface area contributed by atoms with Gasteiger partial charge < -0.3 is 48.2 Å². The molecule has 0 aliphatic heterocycles. The van der Waals surface area contributed by atoms with Crippen LogP contribution < -0.4 is 33.2 Å². The molecular formula is C21H30N10O7. The standard InChI is InChI=1S/C21H30N10O7/c22-12(1-2-16(23)32)18(34)29-13(3-10-6-25-8-27-10)19(35)30-14(4-11-7-26-9-28-11)20(36)31-15(21(37)38)5-17(24)33/h6-9,12-15H,1-5,22H2,(H2,23,32)(H2,24,33)(H,25,27)(H,26,28)(H,29,34)(H,30,35)(H,31,36)(H,37,38). The van der Waals surface area contributed by atoms with Crippen LogP contribution in [-0.2, 0) is 41.6 Å². The minimum Gasteiger partial charge on any atom is -0.480 e. The van der Waals surface area contributed by atoms with Crippen LogP contribution in [0.1, 0.15) is 30.7 Å². The number of nitrogens with two attached hydrogens (primary N) is 3. The number of hydrogen-bond acceptors (Lipinski definition) is 9. The zero-order chi connectivity index (χ0) is 28.2. The van der Waals surface area contributed by atoms with E-state index in [1.165, 1.54) is 25.0 Å². The molecule has 0 aromatic carbocycles. The number of rotatable bonds is 16. The molecule has 12 N–H and O–H groups in total. The molecule has 2 rings (SSSR count). The molecule has 2 aromatic rings. The lowest BCUT2D eigenvalue weighted by atomic mass is 10.1. The van der Waals surface area contributed by atoms with E-state index in [0.29, 0.717) is 11.4 Å². The normalized spacial score (nSPS) is 13.9. The molecule has 2 aromatic heterocycles. The SMILES string of the molecule is NC(=O)CCC(N)C(=O)NC(Cc1cnc[nH]1)C(=O)NC(Cc1cnc[nH]1)C(=O)NC(CC(N)=O)C(=O)O. The molecule has 17 nitrogen and oxygen atoms in total. The Morgan fingerprint density at radius 3 is 1.66 bits per heavy atom. The number of carboxylic acid groups (broad SMARTS) is 1. The predicted molar refractivity (Wildman–Crippen MR) is 128 cm³/mol. The van der Waals surface area contributed by atoms with Crippen molar-refractivity contribution in [2.24, 2.45) is 17.2 Å². The molecule has 4 unspecified atom stereocenters. The molecule has 5 amide bonds. The van der Waals surface area contributed by atoms with Crippen molar-refractivity contribution in [2.45, 2.75) is 56.3 Å². The van der Waals surface area contributed by atoms with E-state index in [4.69, 9.17) is 17.2 Å². The molecule has 0 radical (unpaired) electrons. The number of carbonyl (C=O) groups is 6. The maximum absolute atomic E-state index is 13.3. The first-order valence-corrected chi connectivity index (χ1v) is 11.4. The van der Waals surface area contributed by atoms with Gasteiger partial charge in [-0.05, 0) is 6.42 Å². The van der Waals surface area contributed by atoms with Crippen molar-refractivity contribution in [3.8, 4) is 0 Å². The summed E-state index contributed by atoms with van der Waals surface area (Å²) in [7, 11) is 0. The van der Waals surface area contributed by atoms with Crippen LogP contribution in [-0.4, -0.2) is 84.7 Å². The number of amides is 5. The molecule has 17 heteroatoms. The average Bonchev–Trinajstić information content (AvgIpc) is 3.55. The van der Waals surface area contributed by atoms with Crippen molar-refractivity contribution in [3.05, 3.63) is 36.4 Å². The Morgan fingerprint density at radius 2 is 1.26 bits per heavy atom. The monoisotopic (exact) mass is 534 g/mol. The molecular weight excluding hydrogens is 504 g/mol. The van der Waals surface area contributed by atoms with Crippen LogP contribution in [0.25, 0.3) is 0 Å². The number of aromatic amines is 2. The molecule has 0 bridgehead atoms. The molecule has 0 fully saturated rings. The van der Waals surface area contributed by atoms with Crippen LogP contribution >= 0.6 is 0 Å². The molecule has 0 saturated heterocycles. The molecule has 0 aliphatic rings. The second kappa shape index (κ2) is 14.1. The van der Waals surface area contributed by atoms with Gasteiger partial charge in [-0.25, -0.2) is 14.8 Å². The van der Waals surface area contributed by atoms with Crippen molar-refractivity contribution in [1.29, 1.82) is 0 Å². The van der Waals surface area contributed by atoms with Gasteiger partial charge in [-0.1, -0.05) is 0 Å². The molecule has 206 valence electrons. The zero-order valence-electron chi connectivity index (χ0n) is 20.2. The van der Waals surface area contributed by atoms with Crippen molar-refractivity contribution >= 4 is 35.5 Å². The van der Waals surface area contributed by atoms with Crippen molar-refractivity contribution < 1.29 is 33.9 Å². The highest BCUT2D eigenvalue weighted by Gasteiger charge is 2.31. The minimum atomic E-state index is -1.63. The fraction of sp³-hybridized carbons (Fsp3) is 0.429. The second-order valence-electron chi connectivity index (χ2n) is 8.37. The van der Waals surface area contributed by atoms with Gasteiger partial charge in [0.15, 0.2) is 0 Å². The topological polar surface area (TPSA) is 294 Å². The molecule has 2 heterocycles. The third-order valence-corrected chi connectivity index (χ3v) is 5.28. The first kappa shape index (κ1) is 29.4. The number of aliphatic carboxylic acids is 1. The van der Waals surface area contributed by atoms with E-state index in [1.807, 2.05) is 0 Å². The van der Waals surface area contributed by atoms with Gasteiger partial charge in [0.25, 0.3) is 0 Å². The number of carboxylic acids is 1. The maximum atomic E-state index is 13.3. The fourth-order valence-electron chi connectivity index (χ4n) is 3.30. The summed E-state index contributed by atoms with van der Waals surface area (Å²) in [5.74, 6) is -5.58. The summed E-state index contributed by atoms with van der Waals surface area (Å²) in [6, 6.07) is -5.37. The summed E-state index contributed by atoms with van der Waals surface area (Å²) in [6.45, 7) is 0. The summed E-state index contributed by atoms with van der Waals surface area (Å²) in [4.78, 5) is 85.8. The second-order valence-corrected chi connectivity index (χ2v) is 8.37. The van der Waals surface area contributed by atoms with Gasteiger partial charge in [0.05, 0.1) is 25.1 Å². The Labute approximate surface area is 215 Å². The largest absolute Gasteiger partial charge is 0.480 e. The molecule has 38 heavy (non-hydrogen) atoms. The Morgan fingerprint density at radius 1 is 0.789 bits per heavy atom. The van der Waals surface area contributed by atoms with Crippen LogP contribution in [0.4, 0.5) is 0 Å². The van der Waals surface area contributed by atoms with Crippen molar-refractivity contribution in [1.82, 2.24) is 35.9 Å². The lowest BCUT2D eigenvalue weighted by Crippen LogP contribution is -2.58. The number of hydrogen-bond donors (Lipinski definition) is 9. The van der Waals surface area contributed by atoms with E-state index in [0.717, 1.165) is 0 Å². The van der Waals surface area contributed by atoms with Gasteiger partial charge in [0, 0.05) is 43.0 Å². The van der Waals surface area contributed by atoms with E-state index < -0.39 is 66.1 Å². The smallest absolute Gasteiger partial charge is 0.326 e. The third-order valence-electron chi connectivity index (χ3n) is 5.28. The van der Waals surface area contributed by atoms with E-state index in [2.05, 4.69) is 35.9 Å². The van der Waals surface area contributed by atoms with Crippen LogP contribution in [0.5, 0.6) is 0 Å². The number of primary amides is 2. The third kappa shape index (κ3) is 9.69. The predicted octanol–water partition coefficient (Wildman–Crippen LogP) is -4.07. The highest BCUT2D eigenvalue weighted by molar-refractivity contribution is 5.95. The van der Waals surface area contributed by atoms with Gasteiger partial charge in [0.1, 0.15) is 18.1 Å². The van der Waals surface area contributed by atoms with E-state index in [1.54, 1.807) is 0 Å². The van der Waals surface area contributed by atoms with Crippen LogP contribution in [0.2, 0.25) is 0 Å². The van der Waals surface area contributed by atoms with Gasteiger partial charge in [-0.3, -0.25) is 24.0 Å². The summed E-state index contributed by atoms with van der Waals surface area (Å²) in [5.41, 5.74) is 16.9. The van der Waals surface area contributed by atoms with E-state index >= 15 is 0 Å². The first-order chi connectivity index (χ1) is 18.0. The molecule has 4 atom stereocenters. The number of nitrogens with zero attached hydrogens (tertiary/aromatic N) is 2. The Kier molecular flexibility index (Phi) is 10.9. The number of carbonyl (C=O) groups excluding carboxylic acids is 5. The highest BCUT2D eigenvalue weighted by Crippen LogP contribution is 2.05. The quantitative estimate of drug-likeness (QED) is 0.100. The fourth-order valence-corrected chi connectivity index (χ4v) is 3.30. The van der Waals surface area contributed by atoms with Crippen LogP contribution in [0.3, 0.4) is 0 Å². The first-order valence-electron chi connectivity index (χ1n) is 11.4. The van der Waals surface area contributed by atoms with Gasteiger partial charge >= 0.3 is 5.97 Å². The Bertz CT molecular complexity index is 1120. The average molecular weight is 535 g/mol. The molecule has 0 spiro atoms. The van der Waals surface area contributed by atoms with Crippen molar-refractivity contribution in [3.63, 3.8) is 0 Å². The van der Waals surface area contributed by atoms with Gasteiger partial charge in [0.2, 0.25) is 29.5 Å². The van der Waals surface area contributed by atoms with E-state index in [9.17, 15) is 33.9 Å². The Hall–Kier alpha value is -4.80. The number of aromatic nitrogens is 4. The maximum Gasteiger partial charge on any atom is 0.326 e. The minimum absolute atomic E-state index is 0.0547. The summed E-state index contributed by atoms with van der Waals surface area (Å²) >= 11 is 0.